The van der Waals surface area contributed by atoms with Gasteiger partial charge >= 0.3 is 5.97 Å². The van der Waals surface area contributed by atoms with Crippen LogP contribution in [-0.2, 0) is 13.0 Å². The molecule has 0 bridgehead atoms. The van der Waals surface area contributed by atoms with E-state index in [1.54, 1.807) is 6.07 Å². The molecule has 3 rings (SSSR count). The van der Waals surface area contributed by atoms with Crippen LogP contribution in [0.5, 0.6) is 0 Å². The third-order valence-corrected chi connectivity index (χ3v) is 3.71. The van der Waals surface area contributed by atoms with E-state index in [0.29, 0.717) is 12.6 Å². The predicted molar refractivity (Wildman–Crippen MR) is 77.0 cm³/mol. The first-order chi connectivity index (χ1) is 9.65. The van der Waals surface area contributed by atoms with Crippen molar-refractivity contribution < 1.29 is 9.90 Å². The van der Waals surface area contributed by atoms with Crippen molar-refractivity contribution in [2.75, 3.05) is 4.90 Å². The Balaban J connectivity index is 1.88. The fourth-order valence-electron chi connectivity index (χ4n) is 2.73. The van der Waals surface area contributed by atoms with Crippen molar-refractivity contribution >= 4 is 11.7 Å². The molecular weight excluding hydrogens is 252 g/mol. The van der Waals surface area contributed by atoms with Crippen LogP contribution < -0.4 is 4.90 Å². The molecule has 4 heteroatoms. The van der Waals surface area contributed by atoms with Gasteiger partial charge in [-0.3, -0.25) is 0 Å². The molecule has 20 heavy (non-hydrogen) atoms. The maximum Gasteiger partial charge on any atom is 0.354 e. The molecule has 0 saturated heterocycles. The molecule has 0 spiro atoms. The van der Waals surface area contributed by atoms with Crippen LogP contribution in [0.1, 0.15) is 28.7 Å². The van der Waals surface area contributed by atoms with Crippen LogP contribution in [0.15, 0.2) is 42.5 Å². The number of pyridine rings is 1. The van der Waals surface area contributed by atoms with Crippen LogP contribution in [0, 0.1) is 0 Å². The first kappa shape index (κ1) is 12.7. The second kappa shape index (κ2) is 4.96. The molecule has 2 heterocycles. The molecular formula is C16H16N2O2. The minimum Gasteiger partial charge on any atom is -0.477 e. The molecule has 0 amide bonds. The lowest BCUT2D eigenvalue weighted by Crippen LogP contribution is -2.29. The van der Waals surface area contributed by atoms with E-state index in [2.05, 4.69) is 35.0 Å². The zero-order chi connectivity index (χ0) is 14.1. The molecule has 1 aromatic carbocycles. The highest BCUT2D eigenvalue weighted by Crippen LogP contribution is 2.32. The van der Waals surface area contributed by atoms with Crippen molar-refractivity contribution in [3.8, 4) is 0 Å². The predicted octanol–water partition coefficient (Wildman–Crippen LogP) is 2.73. The van der Waals surface area contributed by atoms with Crippen molar-refractivity contribution in [2.45, 2.75) is 25.9 Å². The van der Waals surface area contributed by atoms with Crippen LogP contribution in [0.4, 0.5) is 5.69 Å². The minimum absolute atomic E-state index is 0.0997. The number of aromatic nitrogens is 1. The molecule has 1 atom stereocenters. The third-order valence-electron chi connectivity index (χ3n) is 3.71. The zero-order valence-corrected chi connectivity index (χ0v) is 11.3. The quantitative estimate of drug-likeness (QED) is 0.930. The van der Waals surface area contributed by atoms with Gasteiger partial charge in [0.2, 0.25) is 0 Å². The van der Waals surface area contributed by atoms with Gasteiger partial charge in [0.15, 0.2) is 0 Å². The summed E-state index contributed by atoms with van der Waals surface area (Å²) in [6, 6.07) is 13.9. The van der Waals surface area contributed by atoms with E-state index in [1.807, 2.05) is 12.1 Å². The Morgan fingerprint density at radius 1 is 1.30 bits per heavy atom. The molecule has 1 unspecified atom stereocenters. The number of carboxylic acids is 1. The molecule has 102 valence electrons. The van der Waals surface area contributed by atoms with Gasteiger partial charge in [0, 0.05) is 11.7 Å². The average Bonchev–Trinajstić information content (AvgIpc) is 2.76. The van der Waals surface area contributed by atoms with Gasteiger partial charge in [-0.15, -0.1) is 0 Å². The molecule has 0 radical (unpaired) electrons. The number of carbonyl (C=O) groups is 1. The molecule has 2 aromatic rings. The lowest BCUT2D eigenvalue weighted by molar-refractivity contribution is 0.0690. The molecule has 1 N–H and O–H groups in total. The summed E-state index contributed by atoms with van der Waals surface area (Å²) in [5, 5.41) is 9.00. The van der Waals surface area contributed by atoms with Gasteiger partial charge < -0.3 is 10.0 Å². The van der Waals surface area contributed by atoms with Gasteiger partial charge in [-0.25, -0.2) is 9.78 Å². The summed E-state index contributed by atoms with van der Waals surface area (Å²) in [5.41, 5.74) is 3.45. The summed E-state index contributed by atoms with van der Waals surface area (Å²) in [7, 11) is 0. The maximum absolute atomic E-state index is 11.0. The van der Waals surface area contributed by atoms with E-state index in [-0.39, 0.29) is 5.69 Å². The number of benzene rings is 1. The Labute approximate surface area is 117 Å². The van der Waals surface area contributed by atoms with Gasteiger partial charge in [0.1, 0.15) is 5.69 Å². The summed E-state index contributed by atoms with van der Waals surface area (Å²) in [6.45, 7) is 2.82. The molecule has 0 aliphatic carbocycles. The Morgan fingerprint density at radius 3 is 2.90 bits per heavy atom. The molecule has 0 fully saturated rings. The van der Waals surface area contributed by atoms with Gasteiger partial charge in [0.25, 0.3) is 0 Å². The smallest absolute Gasteiger partial charge is 0.354 e. The van der Waals surface area contributed by atoms with Gasteiger partial charge in [-0.2, -0.15) is 0 Å². The SMILES string of the molecule is CC1Cc2ccccc2N1Cc1cccc(C(=O)O)n1. The summed E-state index contributed by atoms with van der Waals surface area (Å²) in [6.07, 6.45) is 1.02. The summed E-state index contributed by atoms with van der Waals surface area (Å²) in [5.74, 6) is -0.985. The van der Waals surface area contributed by atoms with Crippen molar-refractivity contribution in [2.24, 2.45) is 0 Å². The van der Waals surface area contributed by atoms with E-state index in [9.17, 15) is 4.79 Å². The molecule has 1 aliphatic rings. The summed E-state index contributed by atoms with van der Waals surface area (Å²) >= 11 is 0. The fraction of sp³-hybridized carbons (Fsp3) is 0.250. The molecule has 1 aliphatic heterocycles. The number of fused-ring (bicyclic) bond motifs is 1. The van der Waals surface area contributed by atoms with Crippen molar-refractivity contribution in [3.63, 3.8) is 0 Å². The van der Waals surface area contributed by atoms with E-state index in [4.69, 9.17) is 5.11 Å². The topological polar surface area (TPSA) is 53.4 Å². The first-order valence-corrected chi connectivity index (χ1v) is 6.69. The number of hydrogen-bond donors (Lipinski definition) is 1. The monoisotopic (exact) mass is 268 g/mol. The lowest BCUT2D eigenvalue weighted by Gasteiger charge is -2.24. The van der Waals surface area contributed by atoms with Crippen molar-refractivity contribution in [1.29, 1.82) is 0 Å². The molecule has 0 saturated carbocycles. The van der Waals surface area contributed by atoms with Crippen LogP contribution in [-0.4, -0.2) is 22.1 Å². The van der Waals surface area contributed by atoms with E-state index in [1.165, 1.54) is 17.3 Å². The van der Waals surface area contributed by atoms with E-state index < -0.39 is 5.97 Å². The standard InChI is InChI=1S/C16H16N2O2/c1-11-9-12-5-2-3-8-15(12)18(11)10-13-6-4-7-14(17-13)16(19)20/h2-8,11H,9-10H2,1H3,(H,19,20). The van der Waals surface area contributed by atoms with Crippen molar-refractivity contribution in [1.82, 2.24) is 4.98 Å². The van der Waals surface area contributed by atoms with Crippen LogP contribution in [0.25, 0.3) is 0 Å². The highest BCUT2D eigenvalue weighted by molar-refractivity contribution is 5.85. The Hall–Kier alpha value is -2.36. The van der Waals surface area contributed by atoms with E-state index in [0.717, 1.165) is 12.1 Å². The number of nitrogens with zero attached hydrogens (tertiary/aromatic N) is 2. The fourth-order valence-corrected chi connectivity index (χ4v) is 2.73. The lowest BCUT2D eigenvalue weighted by atomic mass is 10.1. The van der Waals surface area contributed by atoms with E-state index >= 15 is 0 Å². The van der Waals surface area contributed by atoms with Crippen LogP contribution in [0.3, 0.4) is 0 Å². The first-order valence-electron chi connectivity index (χ1n) is 6.69. The van der Waals surface area contributed by atoms with Crippen LogP contribution >= 0.6 is 0 Å². The molecule has 4 nitrogen and oxygen atoms in total. The van der Waals surface area contributed by atoms with Gasteiger partial charge in [0.05, 0.1) is 12.2 Å². The summed E-state index contributed by atoms with van der Waals surface area (Å²) in [4.78, 5) is 17.5. The normalized spacial score (nSPS) is 17.1. The van der Waals surface area contributed by atoms with Gasteiger partial charge in [-0.1, -0.05) is 24.3 Å². The zero-order valence-electron chi connectivity index (χ0n) is 11.3. The summed E-state index contributed by atoms with van der Waals surface area (Å²) < 4.78 is 0. The van der Waals surface area contributed by atoms with Crippen LogP contribution in [0.2, 0.25) is 0 Å². The number of aromatic carboxylic acids is 1. The Morgan fingerprint density at radius 2 is 2.10 bits per heavy atom. The number of anilines is 1. The third kappa shape index (κ3) is 2.25. The highest BCUT2D eigenvalue weighted by Gasteiger charge is 2.25. The highest BCUT2D eigenvalue weighted by atomic mass is 16.4. The second-order valence-electron chi connectivity index (χ2n) is 5.13. The molecule has 1 aromatic heterocycles. The number of hydrogen-bond acceptors (Lipinski definition) is 3. The second-order valence-corrected chi connectivity index (χ2v) is 5.13. The maximum atomic E-state index is 11.0. The number of para-hydroxylation sites is 1. The van der Waals surface area contributed by atoms with Gasteiger partial charge in [-0.05, 0) is 37.1 Å². The number of carboxylic acid groups (broad SMARTS) is 1. The number of rotatable bonds is 3. The average molecular weight is 268 g/mol. The minimum atomic E-state index is -0.985. The Bertz CT molecular complexity index is 654. The largest absolute Gasteiger partial charge is 0.477 e. The Kier molecular flexibility index (Phi) is 3.14. The van der Waals surface area contributed by atoms with Crippen molar-refractivity contribution in [3.05, 3.63) is 59.4 Å².